The van der Waals surface area contributed by atoms with E-state index in [9.17, 15) is 52.7 Å². The van der Waals surface area contributed by atoms with E-state index >= 15 is 9.59 Å². The van der Waals surface area contributed by atoms with E-state index in [-0.39, 0.29) is 231 Å². The van der Waals surface area contributed by atoms with E-state index in [0.717, 1.165) is 31.3 Å². The molecule has 6 aliphatic heterocycles. The number of rotatable bonds is 33. The van der Waals surface area contributed by atoms with Crippen molar-refractivity contribution in [1.29, 1.82) is 0 Å². The monoisotopic (exact) mass is 1880 g/mol. The van der Waals surface area contributed by atoms with E-state index in [1.165, 1.54) is 34.4 Å². The SMILES string of the molecule is COCCOCCC(=O)NCCCC[C@@H]1NC(=O)[C@H](C)NC(=O)CCOC(=O)N2C[C@@H]3C=C(C)CN3C(=O)c3cc4c(cc32)OCCCOc2cc3c(cc2OCCCCCCCCO4)C(=O)N2C/C(=N/OCCOCCNC(=O)CCC(C)(C)SS)C[C@H]2C(C)N3C(=O)OCCC(=O)N[C@@H](C)C(=O)N[C@@H](CCCCNC(=O)CCOCCOC)C(=O)NCCOCCNC1=O. The number of unbranched alkanes of at least 4 members (excludes halogenated alkanes) is 2. The number of anilines is 2. The van der Waals surface area contributed by atoms with Gasteiger partial charge in [-0.1, -0.05) is 53.3 Å². The standard InChI is InChI=1S/C89H136N14O26S2/c1-59-50-64-58-102-70-54-74-72(52-65(70)85(113)100(64)56-59)123-33-17-11-9-10-12-18-34-124-73-53-66-71(55-75(73)126-36-19-35-125-74)103(62(4)69-51-63(57-101(69)86(66)114)99-129-49-48-122-41-30-92-76(104)22-27-89(5,6)131-130)88(116)128-40-26-80(108)96-61(3)82(110)98-68(21-14-16-29-91-78(106)24-38-120-47-45-118-8)84(112)94-32-43-121-42-31-93-83(111)67(20-13-15-28-90-77(105)23-37-119-46-44-117-7)97-81(109)60(2)95-79(107)25-39-127-87(102)115/h50,52-55,60-62,64,67-69,130H,9-49,51,56-58H2,1-8H3,(H,90,105)(H,91,106)(H,92,104)(H,93,111)(H,94,112)(H,95,107)(H,96,108)(H,97,109)(H,98,110)/b99-63+/t60-,61-,62?,64-,67-,68-,69-/m0/s1. The lowest BCUT2D eigenvalue weighted by Gasteiger charge is -2.32. The number of hydrogen-bond donors (Lipinski definition) is 10. The zero-order chi connectivity index (χ0) is 94.5. The van der Waals surface area contributed by atoms with Crippen LogP contribution in [0, 0.1) is 0 Å². The van der Waals surface area contributed by atoms with Crippen LogP contribution in [-0.2, 0) is 85.9 Å². The number of methoxy groups -OCH3 is 2. The molecule has 7 atom stereocenters. The van der Waals surface area contributed by atoms with Gasteiger partial charge in [0.2, 0.25) is 53.2 Å². The Morgan fingerprint density at radius 2 is 1.00 bits per heavy atom. The number of fused-ring (bicyclic) bond motifs is 6. The second kappa shape index (κ2) is 57.5. The fraction of sp³-hybridized carbons (Fsp3) is 0.685. The van der Waals surface area contributed by atoms with Crippen LogP contribution in [0.15, 0.2) is 41.1 Å². The first-order valence-corrected chi connectivity index (χ1v) is 47.5. The summed E-state index contributed by atoms with van der Waals surface area (Å²) in [7, 11) is 4.48. The highest BCUT2D eigenvalue weighted by molar-refractivity contribution is 8.69. The molecule has 8 rings (SSSR count). The van der Waals surface area contributed by atoms with Gasteiger partial charge in [-0.2, -0.15) is 0 Å². The second-order valence-corrected chi connectivity index (χ2v) is 35.1. The zero-order valence-electron chi connectivity index (χ0n) is 77.0. The Balaban J connectivity index is 1.04. The molecule has 9 N–H and O–H groups in total. The van der Waals surface area contributed by atoms with Gasteiger partial charge < -0.3 is 119 Å². The summed E-state index contributed by atoms with van der Waals surface area (Å²) in [6.45, 7) is 13.0. The fourth-order valence-corrected chi connectivity index (χ4v) is 15.5. The van der Waals surface area contributed by atoms with Crippen LogP contribution in [0.25, 0.3) is 0 Å². The highest BCUT2D eigenvalue weighted by atomic mass is 33.1. The summed E-state index contributed by atoms with van der Waals surface area (Å²) in [6.07, 6.45) is 7.10. The average molecular weight is 1880 g/mol. The lowest BCUT2D eigenvalue weighted by molar-refractivity contribution is -0.132. The Morgan fingerprint density at radius 1 is 0.519 bits per heavy atom. The molecule has 1 unspecified atom stereocenters. The lowest BCUT2D eigenvalue weighted by atomic mass is 10.1. The molecule has 40 nitrogen and oxygen atoms in total. The first kappa shape index (κ1) is 106. The number of oxime groups is 1. The maximum atomic E-state index is 15.3. The van der Waals surface area contributed by atoms with Gasteiger partial charge in [-0.25, -0.2) is 9.59 Å². The maximum absolute atomic E-state index is 15.3. The first-order valence-electron chi connectivity index (χ1n) is 45.6. The molecule has 1 saturated heterocycles. The molecule has 0 aliphatic carbocycles. The second-order valence-electron chi connectivity index (χ2n) is 33.3. The smallest absolute Gasteiger partial charge is 0.414 e. The third kappa shape index (κ3) is 36.2. The number of hydrogen-bond acceptors (Lipinski definition) is 29. The largest absolute Gasteiger partial charge is 0.490 e. The predicted octanol–water partition coefficient (Wildman–Crippen LogP) is 5.28. The number of nitrogens with one attached hydrogen (secondary N) is 9. The topological polar surface area (TPSA) is 475 Å². The summed E-state index contributed by atoms with van der Waals surface area (Å²) in [5, 5.41) is 29.2. The molecule has 13 amide bonds. The molecule has 4 bridgehead atoms. The number of nitrogens with zero attached hydrogens (tertiary/aromatic N) is 5. The molecule has 6 heterocycles. The number of amides is 13. The van der Waals surface area contributed by atoms with E-state index in [4.69, 9.17) is 61.7 Å². The van der Waals surface area contributed by atoms with E-state index in [0.29, 0.717) is 90.1 Å². The molecular weight excluding hydrogens is 1750 g/mol. The summed E-state index contributed by atoms with van der Waals surface area (Å²) < 4.78 is 70.1. The van der Waals surface area contributed by atoms with E-state index < -0.39 is 122 Å². The van der Waals surface area contributed by atoms with Crippen LogP contribution in [0.4, 0.5) is 21.0 Å². The molecule has 0 radical (unpaired) electrons. The third-order valence-electron chi connectivity index (χ3n) is 22.3. The summed E-state index contributed by atoms with van der Waals surface area (Å²) in [6, 6.07) is -0.634. The van der Waals surface area contributed by atoms with Crippen LogP contribution in [0.1, 0.15) is 191 Å². The highest BCUT2D eigenvalue weighted by Crippen LogP contribution is 2.44. The number of carbonyl (C=O) groups excluding carboxylic acids is 13. The van der Waals surface area contributed by atoms with Gasteiger partial charge in [0, 0.05) is 102 Å². The number of benzene rings is 2. The van der Waals surface area contributed by atoms with Crippen molar-refractivity contribution in [2.24, 2.45) is 5.16 Å². The number of thiol groups is 1. The van der Waals surface area contributed by atoms with Crippen molar-refractivity contribution in [2.45, 2.75) is 217 Å². The van der Waals surface area contributed by atoms with Crippen molar-refractivity contribution in [3.8, 4) is 23.0 Å². The Labute approximate surface area is 775 Å². The van der Waals surface area contributed by atoms with Crippen molar-refractivity contribution in [3.63, 3.8) is 0 Å². The normalized spacial score (nSPS) is 21.9. The quantitative estimate of drug-likeness (QED) is 0.0143. The molecular formula is C89H136N14O26S2. The van der Waals surface area contributed by atoms with Crippen molar-refractivity contribution in [2.75, 3.05) is 189 Å². The summed E-state index contributed by atoms with van der Waals surface area (Å²) >= 11 is 4.30. The van der Waals surface area contributed by atoms with Crippen LogP contribution in [-0.4, -0.2) is 319 Å². The van der Waals surface area contributed by atoms with Crippen molar-refractivity contribution in [3.05, 3.63) is 47.0 Å². The molecule has 1 fully saturated rings. The lowest BCUT2D eigenvalue weighted by Crippen LogP contribution is -2.53. The molecule has 2 aromatic carbocycles. The van der Waals surface area contributed by atoms with Crippen molar-refractivity contribution >= 4 is 117 Å². The Bertz CT molecular complexity index is 4170. The molecule has 0 saturated carbocycles. The molecule has 42 heteroatoms. The minimum Gasteiger partial charge on any atom is -0.490 e. The highest BCUT2D eigenvalue weighted by Gasteiger charge is 2.47. The van der Waals surface area contributed by atoms with Gasteiger partial charge in [-0.3, -0.25) is 62.5 Å². The van der Waals surface area contributed by atoms with Gasteiger partial charge in [0.05, 0.1) is 165 Å². The summed E-state index contributed by atoms with van der Waals surface area (Å²) in [4.78, 5) is 193. The minimum absolute atomic E-state index is 0.0140. The third-order valence-corrected chi connectivity index (χ3v) is 24.5. The Kier molecular flexibility index (Phi) is 46.7. The predicted molar refractivity (Wildman–Crippen MR) is 488 cm³/mol. The van der Waals surface area contributed by atoms with Gasteiger partial charge in [0.15, 0.2) is 23.0 Å². The van der Waals surface area contributed by atoms with Crippen LogP contribution in [0.5, 0.6) is 23.0 Å². The van der Waals surface area contributed by atoms with Gasteiger partial charge in [0.1, 0.15) is 44.0 Å². The molecule has 2 aromatic rings. The Hall–Kier alpha value is -9.98. The number of cyclic esters (lactones) is 2. The molecule has 0 spiro atoms. The Morgan fingerprint density at radius 3 is 1.55 bits per heavy atom. The van der Waals surface area contributed by atoms with Gasteiger partial charge in [0.25, 0.3) is 11.8 Å². The maximum Gasteiger partial charge on any atom is 0.414 e. The number of ether oxygens (including phenoxy) is 12. The first-order chi connectivity index (χ1) is 63.2. The van der Waals surface area contributed by atoms with Crippen LogP contribution in [0.3, 0.4) is 0 Å². The molecule has 131 heavy (non-hydrogen) atoms. The van der Waals surface area contributed by atoms with E-state index in [1.807, 2.05) is 26.8 Å². The van der Waals surface area contributed by atoms with Crippen LogP contribution >= 0.6 is 22.5 Å². The molecule has 0 aromatic heterocycles. The minimum atomic E-state index is -1.24. The average Bonchev–Trinajstić information content (AvgIpc) is 1.60. The van der Waals surface area contributed by atoms with Crippen molar-refractivity contribution < 1.29 is 124 Å². The summed E-state index contributed by atoms with van der Waals surface area (Å²) in [5.41, 5.74) is 1.84. The molecule has 6 aliphatic rings. The molecule has 730 valence electrons. The summed E-state index contributed by atoms with van der Waals surface area (Å²) in [5.74, 6) is -4.65. The van der Waals surface area contributed by atoms with Gasteiger partial charge >= 0.3 is 12.2 Å². The van der Waals surface area contributed by atoms with E-state index in [1.54, 1.807) is 55.2 Å². The van der Waals surface area contributed by atoms with Crippen molar-refractivity contribution in [1.82, 2.24) is 57.7 Å². The van der Waals surface area contributed by atoms with E-state index in [2.05, 4.69) is 64.7 Å². The van der Waals surface area contributed by atoms with Crippen LogP contribution in [0.2, 0.25) is 0 Å². The zero-order valence-corrected chi connectivity index (χ0v) is 78.7. The van der Waals surface area contributed by atoms with Gasteiger partial charge in [-0.15, -0.1) is 11.7 Å². The fourth-order valence-electron chi connectivity index (χ4n) is 15.0. The van der Waals surface area contributed by atoms with Gasteiger partial charge in [-0.05, 0) is 111 Å². The number of carbonyl (C=O) groups is 13. The van der Waals surface area contributed by atoms with Crippen LogP contribution < -0.4 is 76.6 Å².